The van der Waals surface area contributed by atoms with E-state index in [-0.39, 0.29) is 11.6 Å². The Morgan fingerprint density at radius 2 is 1.89 bits per heavy atom. The van der Waals surface area contributed by atoms with Gasteiger partial charge in [-0.3, -0.25) is 14.7 Å². The maximum Gasteiger partial charge on any atom is 0.277 e. The van der Waals surface area contributed by atoms with Gasteiger partial charge in [0.1, 0.15) is 0 Å². The van der Waals surface area contributed by atoms with Crippen molar-refractivity contribution in [2.24, 2.45) is 0 Å². The Bertz CT molecular complexity index is 932. The lowest BCUT2D eigenvalue weighted by Gasteiger charge is -2.25. The van der Waals surface area contributed by atoms with Crippen LogP contribution in [0.15, 0.2) is 53.2 Å². The number of halogens is 1. The Labute approximate surface area is 168 Å². The summed E-state index contributed by atoms with van der Waals surface area (Å²) in [7, 11) is 0. The zero-order valence-corrected chi connectivity index (χ0v) is 16.2. The molecule has 0 spiro atoms. The quantitative estimate of drug-likeness (QED) is 0.680. The van der Waals surface area contributed by atoms with Crippen molar-refractivity contribution >= 4 is 23.2 Å². The van der Waals surface area contributed by atoms with Gasteiger partial charge in [-0.05, 0) is 62.3 Å². The summed E-state index contributed by atoms with van der Waals surface area (Å²) >= 11 is 5.89. The first-order valence-electron chi connectivity index (χ1n) is 9.39. The Morgan fingerprint density at radius 3 is 2.61 bits per heavy atom. The standard InChI is InChI=1S/C21H21ClN4O2/c22-16-6-4-15(5-7-16)20-12-19(25-28-20)21(27)24-17-8-9-18(23-13-17)14-26-10-2-1-3-11-26/h4-9,12-13H,1-3,10-11,14H2,(H,24,27). The van der Waals surface area contributed by atoms with Gasteiger partial charge in [-0.2, -0.15) is 0 Å². The second kappa shape index (κ2) is 8.54. The molecule has 6 nitrogen and oxygen atoms in total. The Kier molecular flexibility index (Phi) is 5.69. The van der Waals surface area contributed by atoms with E-state index in [0.29, 0.717) is 16.5 Å². The third-order valence-corrected chi connectivity index (χ3v) is 5.04. The molecule has 144 valence electrons. The van der Waals surface area contributed by atoms with E-state index < -0.39 is 0 Å². The fourth-order valence-corrected chi connectivity index (χ4v) is 3.39. The van der Waals surface area contributed by atoms with Crippen molar-refractivity contribution in [3.8, 4) is 11.3 Å². The molecule has 3 aromatic rings. The van der Waals surface area contributed by atoms with Crippen LogP contribution in [0.2, 0.25) is 5.02 Å². The maximum absolute atomic E-state index is 12.4. The average Bonchev–Trinajstić information content (AvgIpc) is 3.21. The summed E-state index contributed by atoms with van der Waals surface area (Å²) in [5.74, 6) is 0.173. The summed E-state index contributed by atoms with van der Waals surface area (Å²) in [6.45, 7) is 3.10. The highest BCUT2D eigenvalue weighted by Gasteiger charge is 2.15. The van der Waals surface area contributed by atoms with Crippen LogP contribution in [0.25, 0.3) is 11.3 Å². The predicted molar refractivity (Wildman–Crippen MR) is 108 cm³/mol. The summed E-state index contributed by atoms with van der Waals surface area (Å²) in [5, 5.41) is 7.30. The van der Waals surface area contributed by atoms with Crippen molar-refractivity contribution in [1.82, 2.24) is 15.0 Å². The van der Waals surface area contributed by atoms with Gasteiger partial charge in [-0.25, -0.2) is 0 Å². The van der Waals surface area contributed by atoms with E-state index in [1.54, 1.807) is 24.4 Å². The second-order valence-electron chi connectivity index (χ2n) is 6.91. The van der Waals surface area contributed by atoms with Crippen LogP contribution in [-0.2, 0) is 6.54 Å². The zero-order valence-electron chi connectivity index (χ0n) is 15.4. The van der Waals surface area contributed by atoms with Gasteiger partial charge < -0.3 is 9.84 Å². The van der Waals surface area contributed by atoms with E-state index in [4.69, 9.17) is 16.1 Å². The van der Waals surface area contributed by atoms with Gasteiger partial charge >= 0.3 is 0 Å². The first kappa shape index (κ1) is 18.7. The number of aromatic nitrogens is 2. The number of hydrogen-bond donors (Lipinski definition) is 1. The number of likely N-dealkylation sites (tertiary alicyclic amines) is 1. The third-order valence-electron chi connectivity index (χ3n) is 4.79. The fraction of sp³-hybridized carbons (Fsp3) is 0.286. The van der Waals surface area contributed by atoms with Crippen molar-refractivity contribution in [1.29, 1.82) is 0 Å². The highest BCUT2D eigenvalue weighted by atomic mass is 35.5. The minimum atomic E-state index is -0.338. The molecule has 0 aliphatic carbocycles. The SMILES string of the molecule is O=C(Nc1ccc(CN2CCCCC2)nc1)c1cc(-c2ccc(Cl)cc2)on1. The van der Waals surface area contributed by atoms with E-state index in [1.165, 1.54) is 19.3 Å². The third kappa shape index (κ3) is 4.58. The number of nitrogens with one attached hydrogen (secondary N) is 1. The number of amides is 1. The highest BCUT2D eigenvalue weighted by molar-refractivity contribution is 6.30. The second-order valence-corrected chi connectivity index (χ2v) is 7.35. The molecule has 0 unspecified atom stereocenters. The monoisotopic (exact) mass is 396 g/mol. The first-order valence-corrected chi connectivity index (χ1v) is 9.76. The molecule has 7 heteroatoms. The van der Waals surface area contributed by atoms with E-state index >= 15 is 0 Å². The molecule has 1 N–H and O–H groups in total. The molecule has 2 aromatic heterocycles. The van der Waals surface area contributed by atoms with Gasteiger partial charge in [0.15, 0.2) is 11.5 Å². The van der Waals surface area contributed by atoms with E-state index in [0.717, 1.165) is 30.9 Å². The molecule has 1 aliphatic rings. The molecular weight excluding hydrogens is 376 g/mol. The number of anilines is 1. The van der Waals surface area contributed by atoms with Crippen LogP contribution in [0, 0.1) is 0 Å². The highest BCUT2D eigenvalue weighted by Crippen LogP contribution is 2.22. The number of piperidine rings is 1. The number of carbonyl (C=O) groups is 1. The molecule has 1 fully saturated rings. The topological polar surface area (TPSA) is 71.3 Å². The summed E-state index contributed by atoms with van der Waals surface area (Å²) < 4.78 is 5.28. The lowest BCUT2D eigenvalue weighted by atomic mass is 10.1. The molecule has 0 radical (unpaired) electrons. The van der Waals surface area contributed by atoms with Crippen molar-refractivity contribution in [2.75, 3.05) is 18.4 Å². The lowest BCUT2D eigenvalue weighted by Crippen LogP contribution is -2.29. The summed E-state index contributed by atoms with van der Waals surface area (Å²) in [6, 6.07) is 12.6. The molecular formula is C21H21ClN4O2. The molecule has 1 aliphatic heterocycles. The minimum absolute atomic E-state index is 0.211. The summed E-state index contributed by atoms with van der Waals surface area (Å²) in [6.07, 6.45) is 5.50. The fourth-order valence-electron chi connectivity index (χ4n) is 3.27. The molecule has 1 aromatic carbocycles. The summed E-state index contributed by atoms with van der Waals surface area (Å²) in [5.41, 5.74) is 2.65. The Hall–Kier alpha value is -2.70. The number of carbonyl (C=O) groups excluding carboxylic acids is 1. The normalized spacial score (nSPS) is 14.8. The molecule has 0 bridgehead atoms. The maximum atomic E-state index is 12.4. The van der Waals surface area contributed by atoms with Crippen LogP contribution in [0.4, 0.5) is 5.69 Å². The van der Waals surface area contributed by atoms with Crippen LogP contribution in [-0.4, -0.2) is 34.0 Å². The van der Waals surface area contributed by atoms with E-state index in [9.17, 15) is 4.79 Å². The van der Waals surface area contributed by atoms with Crippen LogP contribution in [0.5, 0.6) is 0 Å². The van der Waals surface area contributed by atoms with Crippen LogP contribution in [0.1, 0.15) is 35.4 Å². The molecule has 1 amide bonds. The number of benzene rings is 1. The van der Waals surface area contributed by atoms with Crippen molar-refractivity contribution in [3.05, 3.63) is 65.1 Å². The molecule has 1 saturated heterocycles. The Morgan fingerprint density at radius 1 is 1.11 bits per heavy atom. The van der Waals surface area contributed by atoms with Crippen LogP contribution in [0.3, 0.4) is 0 Å². The van der Waals surface area contributed by atoms with Gasteiger partial charge in [-0.15, -0.1) is 0 Å². The smallest absolute Gasteiger partial charge is 0.277 e. The number of pyridine rings is 1. The van der Waals surface area contributed by atoms with Crippen LogP contribution >= 0.6 is 11.6 Å². The molecule has 28 heavy (non-hydrogen) atoms. The van der Waals surface area contributed by atoms with Gasteiger partial charge in [0.25, 0.3) is 5.91 Å². The van der Waals surface area contributed by atoms with Crippen molar-refractivity contribution < 1.29 is 9.32 Å². The van der Waals surface area contributed by atoms with Crippen LogP contribution < -0.4 is 5.32 Å². The molecule has 0 atom stereocenters. The number of nitrogens with zero attached hydrogens (tertiary/aromatic N) is 3. The molecule has 3 heterocycles. The van der Waals surface area contributed by atoms with E-state index in [2.05, 4.69) is 20.4 Å². The lowest BCUT2D eigenvalue weighted by molar-refractivity contribution is 0.101. The largest absolute Gasteiger partial charge is 0.355 e. The van der Waals surface area contributed by atoms with Gasteiger partial charge in [0.2, 0.25) is 0 Å². The first-order chi connectivity index (χ1) is 13.7. The molecule has 0 saturated carbocycles. The van der Waals surface area contributed by atoms with Gasteiger partial charge in [0.05, 0.1) is 17.6 Å². The van der Waals surface area contributed by atoms with Crippen molar-refractivity contribution in [3.63, 3.8) is 0 Å². The summed E-state index contributed by atoms with van der Waals surface area (Å²) in [4.78, 5) is 19.3. The Balaban J connectivity index is 1.37. The number of hydrogen-bond acceptors (Lipinski definition) is 5. The number of rotatable bonds is 5. The van der Waals surface area contributed by atoms with Crippen molar-refractivity contribution in [2.45, 2.75) is 25.8 Å². The minimum Gasteiger partial charge on any atom is -0.355 e. The molecule has 4 rings (SSSR count). The zero-order chi connectivity index (χ0) is 19.3. The van der Waals surface area contributed by atoms with Gasteiger partial charge in [-0.1, -0.05) is 23.2 Å². The average molecular weight is 397 g/mol. The predicted octanol–water partition coefficient (Wildman–Crippen LogP) is 4.63. The van der Waals surface area contributed by atoms with Gasteiger partial charge in [0, 0.05) is 23.2 Å². The van der Waals surface area contributed by atoms with E-state index in [1.807, 2.05) is 24.3 Å².